The summed E-state index contributed by atoms with van der Waals surface area (Å²) in [4.78, 5) is 22.1. The predicted molar refractivity (Wildman–Crippen MR) is 77.3 cm³/mol. The van der Waals surface area contributed by atoms with Gasteiger partial charge < -0.3 is 5.73 Å². The zero-order valence-electron chi connectivity index (χ0n) is 10.5. The number of nitro groups is 1. The average molecular weight is 268 g/mol. The zero-order chi connectivity index (χ0) is 14.5. The minimum Gasteiger partial charge on any atom is -0.398 e. The summed E-state index contributed by atoms with van der Waals surface area (Å²) in [5.74, 6) is -0.241. The fraction of sp³-hybridized carbons (Fsp3) is 0. The Balaban J connectivity index is 2.21. The number of non-ortho nitro benzene ring substituents is 1. The normalized spacial score (nSPS) is 10.6. The highest BCUT2D eigenvalue weighted by Gasteiger charge is 2.06. The summed E-state index contributed by atoms with van der Waals surface area (Å²) in [5, 5.41) is 10.7. The Kier molecular flexibility index (Phi) is 3.91. The Morgan fingerprint density at radius 3 is 2.60 bits per heavy atom. The lowest BCUT2D eigenvalue weighted by atomic mass is 10.1. The Hall–Kier alpha value is -2.95. The molecule has 0 fully saturated rings. The number of nitrogens with two attached hydrogens (primary N) is 1. The summed E-state index contributed by atoms with van der Waals surface area (Å²) in [7, 11) is 0. The van der Waals surface area contributed by atoms with Crippen LogP contribution in [0.1, 0.15) is 15.9 Å². The van der Waals surface area contributed by atoms with Gasteiger partial charge in [0.2, 0.25) is 0 Å². The molecule has 0 saturated carbocycles. The quantitative estimate of drug-likeness (QED) is 0.303. The van der Waals surface area contributed by atoms with Gasteiger partial charge in [-0.05, 0) is 23.8 Å². The van der Waals surface area contributed by atoms with Crippen LogP contribution in [0.4, 0.5) is 11.4 Å². The Bertz CT molecular complexity index is 693. The van der Waals surface area contributed by atoms with Crippen LogP contribution in [0.25, 0.3) is 6.08 Å². The maximum atomic E-state index is 12.0. The molecule has 0 saturated heterocycles. The van der Waals surface area contributed by atoms with Crippen molar-refractivity contribution in [2.24, 2.45) is 0 Å². The molecule has 2 aromatic rings. The van der Waals surface area contributed by atoms with E-state index in [1.807, 2.05) is 0 Å². The molecule has 0 atom stereocenters. The lowest BCUT2D eigenvalue weighted by Gasteiger charge is -2.00. The number of anilines is 1. The molecule has 0 bridgehead atoms. The first-order valence-electron chi connectivity index (χ1n) is 5.89. The van der Waals surface area contributed by atoms with Gasteiger partial charge in [-0.2, -0.15) is 0 Å². The van der Waals surface area contributed by atoms with Gasteiger partial charge >= 0.3 is 0 Å². The Labute approximate surface area is 115 Å². The molecule has 2 aromatic carbocycles. The standard InChI is InChI=1S/C15H12N2O3/c16-14-7-2-1-6-13(14)15(18)9-8-11-4-3-5-12(10-11)17(19)20/h1-10H,16H2. The van der Waals surface area contributed by atoms with Crippen molar-refractivity contribution in [3.05, 3.63) is 75.8 Å². The summed E-state index contributed by atoms with van der Waals surface area (Å²) in [6, 6.07) is 12.8. The van der Waals surface area contributed by atoms with Gasteiger partial charge in [0.15, 0.2) is 5.78 Å². The number of ketones is 1. The van der Waals surface area contributed by atoms with Crippen LogP contribution < -0.4 is 5.73 Å². The van der Waals surface area contributed by atoms with Gasteiger partial charge in [-0.3, -0.25) is 14.9 Å². The third kappa shape index (κ3) is 3.08. The molecule has 0 spiro atoms. The van der Waals surface area contributed by atoms with E-state index in [0.717, 1.165) is 0 Å². The Morgan fingerprint density at radius 1 is 1.15 bits per heavy atom. The van der Waals surface area contributed by atoms with Crippen LogP contribution in [0.3, 0.4) is 0 Å². The van der Waals surface area contributed by atoms with E-state index in [4.69, 9.17) is 5.73 Å². The number of rotatable bonds is 4. The third-order valence-electron chi connectivity index (χ3n) is 2.73. The molecule has 0 aliphatic heterocycles. The summed E-state index contributed by atoms with van der Waals surface area (Å²) in [5.41, 5.74) is 7.10. The smallest absolute Gasteiger partial charge is 0.270 e. The molecule has 0 aliphatic rings. The minimum absolute atomic E-state index is 0.0150. The van der Waals surface area contributed by atoms with Gasteiger partial charge in [0.25, 0.3) is 5.69 Å². The summed E-state index contributed by atoms with van der Waals surface area (Å²) >= 11 is 0. The first-order chi connectivity index (χ1) is 9.58. The number of para-hydroxylation sites is 1. The summed E-state index contributed by atoms with van der Waals surface area (Å²) in [6.45, 7) is 0. The van der Waals surface area contributed by atoms with Gasteiger partial charge in [-0.25, -0.2) is 0 Å². The van der Waals surface area contributed by atoms with Crippen molar-refractivity contribution in [1.82, 2.24) is 0 Å². The largest absolute Gasteiger partial charge is 0.398 e. The van der Waals surface area contributed by atoms with E-state index in [0.29, 0.717) is 16.8 Å². The van der Waals surface area contributed by atoms with E-state index >= 15 is 0 Å². The van der Waals surface area contributed by atoms with E-state index < -0.39 is 4.92 Å². The molecule has 0 unspecified atom stereocenters. The number of benzene rings is 2. The topological polar surface area (TPSA) is 86.2 Å². The van der Waals surface area contributed by atoms with Crippen molar-refractivity contribution in [1.29, 1.82) is 0 Å². The molecule has 0 heterocycles. The van der Waals surface area contributed by atoms with Gasteiger partial charge in [-0.1, -0.05) is 30.3 Å². The van der Waals surface area contributed by atoms with Crippen LogP contribution in [0.15, 0.2) is 54.6 Å². The fourth-order valence-corrected chi connectivity index (χ4v) is 1.73. The number of nitrogen functional groups attached to an aromatic ring is 1. The highest BCUT2D eigenvalue weighted by atomic mass is 16.6. The van der Waals surface area contributed by atoms with Crippen molar-refractivity contribution >= 4 is 23.2 Å². The van der Waals surface area contributed by atoms with Crippen LogP contribution >= 0.6 is 0 Å². The van der Waals surface area contributed by atoms with Crippen molar-refractivity contribution in [3.63, 3.8) is 0 Å². The lowest BCUT2D eigenvalue weighted by Crippen LogP contribution is -1.99. The van der Waals surface area contributed by atoms with E-state index in [9.17, 15) is 14.9 Å². The van der Waals surface area contributed by atoms with Crippen molar-refractivity contribution in [2.75, 3.05) is 5.73 Å². The number of hydrogen-bond donors (Lipinski definition) is 1. The second kappa shape index (κ2) is 5.79. The number of carbonyl (C=O) groups is 1. The number of carbonyl (C=O) groups excluding carboxylic acids is 1. The maximum Gasteiger partial charge on any atom is 0.270 e. The van der Waals surface area contributed by atoms with Gasteiger partial charge in [0, 0.05) is 23.4 Å². The van der Waals surface area contributed by atoms with Gasteiger partial charge in [0.05, 0.1) is 4.92 Å². The first kappa shape index (κ1) is 13.5. The van der Waals surface area contributed by atoms with E-state index in [2.05, 4.69) is 0 Å². The molecular weight excluding hydrogens is 256 g/mol. The molecule has 100 valence electrons. The predicted octanol–water partition coefficient (Wildman–Crippen LogP) is 3.07. The highest BCUT2D eigenvalue weighted by molar-refractivity contribution is 6.10. The molecule has 0 amide bonds. The first-order valence-corrected chi connectivity index (χ1v) is 5.89. The third-order valence-corrected chi connectivity index (χ3v) is 2.73. The average Bonchev–Trinajstić information content (AvgIpc) is 2.45. The fourth-order valence-electron chi connectivity index (χ4n) is 1.73. The van der Waals surface area contributed by atoms with Crippen molar-refractivity contribution in [3.8, 4) is 0 Å². The lowest BCUT2D eigenvalue weighted by molar-refractivity contribution is -0.384. The molecule has 20 heavy (non-hydrogen) atoms. The van der Waals surface area contributed by atoms with Crippen molar-refractivity contribution < 1.29 is 9.72 Å². The van der Waals surface area contributed by atoms with Crippen LogP contribution in [0.2, 0.25) is 0 Å². The van der Waals surface area contributed by atoms with E-state index in [1.165, 1.54) is 24.3 Å². The molecule has 5 nitrogen and oxygen atoms in total. The Morgan fingerprint density at radius 2 is 1.90 bits per heavy atom. The van der Waals surface area contributed by atoms with Crippen LogP contribution in [0.5, 0.6) is 0 Å². The van der Waals surface area contributed by atoms with Crippen LogP contribution in [-0.2, 0) is 0 Å². The highest BCUT2D eigenvalue weighted by Crippen LogP contribution is 2.16. The molecule has 2 N–H and O–H groups in total. The molecule has 0 radical (unpaired) electrons. The molecule has 0 aromatic heterocycles. The van der Waals surface area contributed by atoms with Gasteiger partial charge in [0.1, 0.15) is 0 Å². The molecule has 5 heteroatoms. The van der Waals surface area contributed by atoms with Crippen LogP contribution in [0, 0.1) is 10.1 Å². The zero-order valence-corrected chi connectivity index (χ0v) is 10.5. The maximum absolute atomic E-state index is 12.0. The molecular formula is C15H12N2O3. The number of hydrogen-bond acceptors (Lipinski definition) is 4. The molecule has 0 aliphatic carbocycles. The van der Waals surface area contributed by atoms with Gasteiger partial charge in [-0.15, -0.1) is 0 Å². The SMILES string of the molecule is Nc1ccccc1C(=O)C=Cc1cccc([N+](=O)[O-])c1. The van der Waals surface area contributed by atoms with E-state index in [-0.39, 0.29) is 11.5 Å². The second-order valence-electron chi connectivity index (χ2n) is 4.14. The minimum atomic E-state index is -0.478. The number of nitrogens with zero attached hydrogens (tertiary/aromatic N) is 1. The number of allylic oxidation sites excluding steroid dienone is 1. The summed E-state index contributed by atoms with van der Waals surface area (Å²) < 4.78 is 0. The second-order valence-corrected chi connectivity index (χ2v) is 4.14. The van der Waals surface area contributed by atoms with Crippen LogP contribution in [-0.4, -0.2) is 10.7 Å². The summed E-state index contributed by atoms with van der Waals surface area (Å²) in [6.07, 6.45) is 2.88. The molecule has 2 rings (SSSR count). The monoisotopic (exact) mass is 268 g/mol. The van der Waals surface area contributed by atoms with Crippen molar-refractivity contribution in [2.45, 2.75) is 0 Å². The van der Waals surface area contributed by atoms with E-state index in [1.54, 1.807) is 36.4 Å². The number of nitro benzene ring substituents is 1.